The highest BCUT2D eigenvalue weighted by atomic mass is 35.5. The lowest BCUT2D eigenvalue weighted by Crippen LogP contribution is -2.28. The number of halogens is 1. The maximum absolute atomic E-state index is 12.0. The minimum Gasteiger partial charge on any atom is -0.468 e. The molecule has 0 aliphatic rings. The summed E-state index contributed by atoms with van der Waals surface area (Å²) in [7, 11) is 0. The van der Waals surface area contributed by atoms with Gasteiger partial charge >= 0.3 is 0 Å². The Balaban J connectivity index is 0.00000192. The third-order valence-corrected chi connectivity index (χ3v) is 3.23. The van der Waals surface area contributed by atoms with E-state index in [0.717, 1.165) is 17.1 Å². The van der Waals surface area contributed by atoms with E-state index in [0.29, 0.717) is 6.54 Å². The Morgan fingerprint density at radius 3 is 2.57 bits per heavy atom. The molecule has 2 aromatic heterocycles. The number of anilines is 1. The highest BCUT2D eigenvalue weighted by molar-refractivity contribution is 5.94. The van der Waals surface area contributed by atoms with Crippen LogP contribution in [-0.2, 0) is 11.3 Å². The molecule has 5 nitrogen and oxygen atoms in total. The molecule has 6 heteroatoms. The zero-order valence-electron chi connectivity index (χ0n) is 12.4. The zero-order valence-corrected chi connectivity index (χ0v) is 13.3. The van der Waals surface area contributed by atoms with Gasteiger partial charge in [0.15, 0.2) is 0 Å². The van der Waals surface area contributed by atoms with Crippen LogP contribution in [0.2, 0.25) is 0 Å². The molecule has 1 amide bonds. The molecule has 0 aliphatic heterocycles. The largest absolute Gasteiger partial charge is 0.468 e. The highest BCUT2D eigenvalue weighted by Crippen LogP contribution is 2.19. The van der Waals surface area contributed by atoms with E-state index < -0.39 is 0 Å². The standard InChI is InChI=1S/C17H17N3O2.ClH/c21-17(13-18-12-14-6-5-11-22-14)19-15-7-1-2-8-16(15)20-9-3-4-10-20;/h1-11,18H,12-13H2,(H,19,21);1H. The van der Waals surface area contributed by atoms with Gasteiger partial charge in [0.25, 0.3) is 0 Å². The normalized spacial score (nSPS) is 10.1. The molecule has 0 saturated carbocycles. The first-order chi connectivity index (χ1) is 10.8. The molecule has 0 spiro atoms. The van der Waals surface area contributed by atoms with Gasteiger partial charge in [-0.05, 0) is 36.4 Å². The summed E-state index contributed by atoms with van der Waals surface area (Å²) < 4.78 is 7.17. The van der Waals surface area contributed by atoms with E-state index in [1.165, 1.54) is 0 Å². The predicted octanol–water partition coefficient (Wildman–Crippen LogP) is 3.22. The Morgan fingerprint density at radius 2 is 1.83 bits per heavy atom. The molecule has 0 saturated heterocycles. The molecule has 0 unspecified atom stereocenters. The maximum Gasteiger partial charge on any atom is 0.238 e. The van der Waals surface area contributed by atoms with Gasteiger partial charge in [-0.2, -0.15) is 0 Å². The van der Waals surface area contributed by atoms with Gasteiger partial charge in [0.2, 0.25) is 5.91 Å². The third kappa shape index (κ3) is 4.48. The zero-order chi connectivity index (χ0) is 15.2. The average Bonchev–Trinajstić information content (AvgIpc) is 3.21. The van der Waals surface area contributed by atoms with Crippen molar-refractivity contribution in [3.8, 4) is 5.69 Å². The number of benzene rings is 1. The Hall–Kier alpha value is -2.50. The Labute approximate surface area is 140 Å². The molecule has 3 aromatic rings. The SMILES string of the molecule is Cl.O=C(CNCc1ccco1)Nc1ccccc1-n1cccc1. The van der Waals surface area contributed by atoms with Crippen molar-refractivity contribution < 1.29 is 9.21 Å². The number of amides is 1. The monoisotopic (exact) mass is 331 g/mol. The summed E-state index contributed by atoms with van der Waals surface area (Å²) in [5.41, 5.74) is 1.72. The van der Waals surface area contributed by atoms with Crippen molar-refractivity contribution in [1.29, 1.82) is 0 Å². The first kappa shape index (κ1) is 16.9. The number of nitrogens with one attached hydrogen (secondary N) is 2. The molecular weight excluding hydrogens is 314 g/mol. The minimum absolute atomic E-state index is 0. The summed E-state index contributed by atoms with van der Waals surface area (Å²) in [4.78, 5) is 12.0. The molecule has 0 radical (unpaired) electrons. The first-order valence-electron chi connectivity index (χ1n) is 7.08. The van der Waals surface area contributed by atoms with E-state index in [-0.39, 0.29) is 24.9 Å². The maximum atomic E-state index is 12.0. The molecule has 0 bridgehead atoms. The quantitative estimate of drug-likeness (QED) is 0.729. The van der Waals surface area contributed by atoms with Gasteiger partial charge in [-0.3, -0.25) is 4.79 Å². The number of carbonyl (C=O) groups is 1. The molecule has 120 valence electrons. The molecule has 23 heavy (non-hydrogen) atoms. The van der Waals surface area contributed by atoms with Gasteiger partial charge in [0.1, 0.15) is 5.76 Å². The molecule has 2 N–H and O–H groups in total. The van der Waals surface area contributed by atoms with Gasteiger partial charge in [-0.15, -0.1) is 12.4 Å². The van der Waals surface area contributed by atoms with Gasteiger partial charge < -0.3 is 19.6 Å². The van der Waals surface area contributed by atoms with Gasteiger partial charge in [0, 0.05) is 12.4 Å². The van der Waals surface area contributed by atoms with Crippen LogP contribution in [0, 0.1) is 0 Å². The van der Waals surface area contributed by atoms with Crippen molar-refractivity contribution in [3.05, 3.63) is 72.9 Å². The van der Waals surface area contributed by atoms with Crippen LogP contribution in [-0.4, -0.2) is 17.0 Å². The first-order valence-corrected chi connectivity index (χ1v) is 7.08. The van der Waals surface area contributed by atoms with Crippen LogP contribution in [0.15, 0.2) is 71.6 Å². The van der Waals surface area contributed by atoms with E-state index >= 15 is 0 Å². The second kappa shape index (κ2) is 8.22. The van der Waals surface area contributed by atoms with Gasteiger partial charge in [0.05, 0.1) is 30.7 Å². The van der Waals surface area contributed by atoms with Crippen LogP contribution in [0.25, 0.3) is 5.69 Å². The fourth-order valence-corrected chi connectivity index (χ4v) is 2.21. The predicted molar refractivity (Wildman–Crippen MR) is 92.1 cm³/mol. The molecular formula is C17H18ClN3O2. The van der Waals surface area contributed by atoms with Crippen molar-refractivity contribution in [2.75, 3.05) is 11.9 Å². The van der Waals surface area contributed by atoms with Gasteiger partial charge in [-0.25, -0.2) is 0 Å². The highest BCUT2D eigenvalue weighted by Gasteiger charge is 2.07. The van der Waals surface area contributed by atoms with Crippen LogP contribution in [0.4, 0.5) is 5.69 Å². The number of para-hydroxylation sites is 2. The van der Waals surface area contributed by atoms with Crippen molar-refractivity contribution in [1.82, 2.24) is 9.88 Å². The number of carbonyl (C=O) groups excluding carboxylic acids is 1. The van der Waals surface area contributed by atoms with Crippen LogP contribution in [0.1, 0.15) is 5.76 Å². The van der Waals surface area contributed by atoms with E-state index in [2.05, 4.69) is 10.6 Å². The van der Waals surface area contributed by atoms with Crippen molar-refractivity contribution >= 4 is 24.0 Å². The van der Waals surface area contributed by atoms with E-state index in [1.54, 1.807) is 6.26 Å². The lowest BCUT2D eigenvalue weighted by atomic mass is 10.2. The summed E-state index contributed by atoms with van der Waals surface area (Å²) in [6.07, 6.45) is 5.50. The minimum atomic E-state index is -0.0915. The topological polar surface area (TPSA) is 59.2 Å². The fourth-order valence-electron chi connectivity index (χ4n) is 2.21. The lowest BCUT2D eigenvalue weighted by molar-refractivity contribution is -0.115. The molecule has 1 aromatic carbocycles. The third-order valence-electron chi connectivity index (χ3n) is 3.23. The Morgan fingerprint density at radius 1 is 1.04 bits per heavy atom. The van der Waals surface area contributed by atoms with Crippen molar-refractivity contribution in [3.63, 3.8) is 0 Å². The molecule has 0 aliphatic carbocycles. The van der Waals surface area contributed by atoms with Crippen LogP contribution in [0.3, 0.4) is 0 Å². The summed E-state index contributed by atoms with van der Waals surface area (Å²) in [6, 6.07) is 15.3. The summed E-state index contributed by atoms with van der Waals surface area (Å²) in [6.45, 7) is 0.750. The van der Waals surface area contributed by atoms with Crippen LogP contribution < -0.4 is 10.6 Å². The second-order valence-corrected chi connectivity index (χ2v) is 4.84. The molecule has 0 fully saturated rings. The summed E-state index contributed by atoms with van der Waals surface area (Å²) in [5, 5.41) is 5.98. The number of furan rings is 1. The second-order valence-electron chi connectivity index (χ2n) is 4.84. The average molecular weight is 332 g/mol. The van der Waals surface area contributed by atoms with E-state index in [9.17, 15) is 4.79 Å². The molecule has 3 rings (SSSR count). The number of hydrogen-bond donors (Lipinski definition) is 2. The fraction of sp³-hybridized carbons (Fsp3) is 0.118. The number of nitrogens with zero attached hydrogens (tertiary/aromatic N) is 1. The lowest BCUT2D eigenvalue weighted by Gasteiger charge is -2.12. The Kier molecular flexibility index (Phi) is 6.02. The van der Waals surface area contributed by atoms with Crippen LogP contribution >= 0.6 is 12.4 Å². The number of aromatic nitrogens is 1. The van der Waals surface area contributed by atoms with Gasteiger partial charge in [-0.1, -0.05) is 12.1 Å². The summed E-state index contributed by atoms with van der Waals surface area (Å²) in [5.74, 6) is 0.715. The van der Waals surface area contributed by atoms with E-state index in [1.807, 2.05) is 65.5 Å². The molecule has 2 heterocycles. The van der Waals surface area contributed by atoms with Crippen molar-refractivity contribution in [2.45, 2.75) is 6.54 Å². The summed E-state index contributed by atoms with van der Waals surface area (Å²) >= 11 is 0. The number of rotatable bonds is 6. The number of hydrogen-bond acceptors (Lipinski definition) is 3. The van der Waals surface area contributed by atoms with Crippen molar-refractivity contribution in [2.24, 2.45) is 0 Å². The van der Waals surface area contributed by atoms with Crippen LogP contribution in [0.5, 0.6) is 0 Å². The molecule has 0 atom stereocenters. The Bertz CT molecular complexity index is 724. The smallest absolute Gasteiger partial charge is 0.238 e. The van der Waals surface area contributed by atoms with E-state index in [4.69, 9.17) is 4.42 Å².